The first kappa shape index (κ1) is 15.7. The van der Waals surface area contributed by atoms with Gasteiger partial charge in [0.05, 0.1) is 27.7 Å². The average Bonchev–Trinajstić information content (AvgIpc) is 2.45. The number of nitriles is 1. The van der Waals surface area contributed by atoms with Crippen molar-refractivity contribution in [1.82, 2.24) is 0 Å². The van der Waals surface area contributed by atoms with Crippen molar-refractivity contribution in [2.75, 3.05) is 7.11 Å². The van der Waals surface area contributed by atoms with Crippen LogP contribution in [0.15, 0.2) is 33.2 Å². The van der Waals surface area contributed by atoms with Crippen molar-refractivity contribution in [2.45, 2.75) is 0 Å². The maximum atomic E-state index is 13.8. The molecule has 2 rings (SSSR count). The highest BCUT2D eigenvalue weighted by Crippen LogP contribution is 2.39. The summed E-state index contributed by atoms with van der Waals surface area (Å²) < 4.78 is 39.0. The number of rotatable bonds is 3. The quantitative estimate of drug-likeness (QED) is 0.691. The zero-order valence-electron chi connectivity index (χ0n) is 10.6. The molecule has 0 radical (unpaired) electrons. The molecule has 0 fully saturated rings. The van der Waals surface area contributed by atoms with Crippen molar-refractivity contribution in [3.8, 4) is 23.3 Å². The maximum Gasteiger partial charge on any atom is 0.198 e. The molecule has 0 aromatic heterocycles. The summed E-state index contributed by atoms with van der Waals surface area (Å²) in [5.41, 5.74) is -0.118. The second kappa shape index (κ2) is 6.41. The molecule has 21 heavy (non-hydrogen) atoms. The van der Waals surface area contributed by atoms with E-state index in [2.05, 4.69) is 31.9 Å². The predicted octanol–water partition coefficient (Wildman–Crippen LogP) is 5.16. The largest absolute Gasteiger partial charge is 0.496 e. The first-order chi connectivity index (χ1) is 9.96. The van der Waals surface area contributed by atoms with Gasteiger partial charge in [0.1, 0.15) is 11.5 Å². The number of nitrogens with zero attached hydrogens (tertiary/aromatic N) is 1. The minimum Gasteiger partial charge on any atom is -0.496 e. The number of methoxy groups -OCH3 is 1. The number of halogens is 4. The molecule has 0 amide bonds. The lowest BCUT2D eigenvalue weighted by Gasteiger charge is -2.12. The number of hydrogen-bond donors (Lipinski definition) is 0. The highest BCUT2D eigenvalue weighted by Gasteiger charge is 2.16. The highest BCUT2D eigenvalue weighted by atomic mass is 79.9. The molecular formula is C14H7Br2F2NO2. The fourth-order valence-corrected chi connectivity index (χ4v) is 2.46. The van der Waals surface area contributed by atoms with E-state index in [1.807, 2.05) is 0 Å². The van der Waals surface area contributed by atoms with Crippen LogP contribution in [-0.2, 0) is 0 Å². The SMILES string of the molecule is COc1cc(Br)c(Oc2c(F)cc(C#N)cc2F)cc1Br. The van der Waals surface area contributed by atoms with E-state index in [0.29, 0.717) is 14.7 Å². The van der Waals surface area contributed by atoms with Crippen molar-refractivity contribution in [1.29, 1.82) is 5.26 Å². The lowest BCUT2D eigenvalue weighted by Crippen LogP contribution is -1.95. The van der Waals surface area contributed by atoms with Crippen LogP contribution < -0.4 is 9.47 Å². The van der Waals surface area contributed by atoms with Gasteiger partial charge in [0.15, 0.2) is 17.4 Å². The molecule has 0 spiro atoms. The topological polar surface area (TPSA) is 42.2 Å². The van der Waals surface area contributed by atoms with Crippen LogP contribution in [0.4, 0.5) is 8.78 Å². The Bertz CT molecular complexity index is 721. The van der Waals surface area contributed by atoms with Crippen LogP contribution in [0.1, 0.15) is 5.56 Å². The molecule has 0 saturated carbocycles. The summed E-state index contributed by atoms with van der Waals surface area (Å²) in [6.07, 6.45) is 0. The molecule has 0 bridgehead atoms. The Hall–Kier alpha value is -1.65. The lowest BCUT2D eigenvalue weighted by atomic mass is 10.2. The van der Waals surface area contributed by atoms with E-state index in [1.54, 1.807) is 12.1 Å². The van der Waals surface area contributed by atoms with Crippen LogP contribution in [0.3, 0.4) is 0 Å². The van der Waals surface area contributed by atoms with Crippen molar-refractivity contribution in [3.63, 3.8) is 0 Å². The minimum atomic E-state index is -0.953. The Morgan fingerprint density at radius 3 is 2.05 bits per heavy atom. The van der Waals surface area contributed by atoms with Gasteiger partial charge in [-0.1, -0.05) is 0 Å². The zero-order valence-corrected chi connectivity index (χ0v) is 13.8. The van der Waals surface area contributed by atoms with Gasteiger partial charge in [0, 0.05) is 0 Å². The van der Waals surface area contributed by atoms with Crippen LogP contribution in [-0.4, -0.2) is 7.11 Å². The fraction of sp³-hybridized carbons (Fsp3) is 0.0714. The van der Waals surface area contributed by atoms with Crippen molar-refractivity contribution in [2.24, 2.45) is 0 Å². The van der Waals surface area contributed by atoms with Gasteiger partial charge in [0.2, 0.25) is 0 Å². The number of ether oxygens (including phenoxy) is 2. The summed E-state index contributed by atoms with van der Waals surface area (Å²) in [6.45, 7) is 0. The van der Waals surface area contributed by atoms with Gasteiger partial charge in [-0.15, -0.1) is 0 Å². The standard InChI is InChI=1S/C14H7Br2F2NO2/c1-20-12-4-9(16)13(5-8(12)15)21-14-10(17)2-7(6-19)3-11(14)18/h2-5H,1H3. The summed E-state index contributed by atoms with van der Waals surface area (Å²) in [4.78, 5) is 0. The Morgan fingerprint density at radius 1 is 1.00 bits per heavy atom. The van der Waals surface area contributed by atoms with E-state index < -0.39 is 17.4 Å². The van der Waals surface area contributed by atoms with Crippen LogP contribution >= 0.6 is 31.9 Å². The predicted molar refractivity (Wildman–Crippen MR) is 79.5 cm³/mol. The summed E-state index contributed by atoms with van der Waals surface area (Å²) in [5.74, 6) is -1.75. The molecular weight excluding hydrogens is 412 g/mol. The average molecular weight is 419 g/mol. The van der Waals surface area contributed by atoms with E-state index in [-0.39, 0.29) is 11.3 Å². The smallest absolute Gasteiger partial charge is 0.198 e. The second-order valence-corrected chi connectivity index (χ2v) is 5.61. The van der Waals surface area contributed by atoms with Gasteiger partial charge >= 0.3 is 0 Å². The van der Waals surface area contributed by atoms with Crippen LogP contribution in [0.2, 0.25) is 0 Å². The Kier molecular flexibility index (Phi) is 4.80. The molecule has 0 aliphatic rings. The summed E-state index contributed by atoms with van der Waals surface area (Å²) >= 11 is 6.49. The van der Waals surface area contributed by atoms with E-state index in [9.17, 15) is 8.78 Å². The Balaban J connectivity index is 2.44. The third kappa shape index (κ3) is 3.34. The van der Waals surface area contributed by atoms with Gasteiger partial charge in [-0.3, -0.25) is 0 Å². The van der Waals surface area contributed by atoms with Gasteiger partial charge in [0.25, 0.3) is 0 Å². The third-order valence-corrected chi connectivity index (χ3v) is 3.79. The highest BCUT2D eigenvalue weighted by molar-refractivity contribution is 9.11. The maximum absolute atomic E-state index is 13.8. The Morgan fingerprint density at radius 2 is 1.52 bits per heavy atom. The molecule has 2 aromatic carbocycles. The molecule has 0 aliphatic carbocycles. The van der Waals surface area contributed by atoms with Crippen LogP contribution in [0.5, 0.6) is 17.2 Å². The van der Waals surface area contributed by atoms with Gasteiger partial charge in [-0.2, -0.15) is 5.26 Å². The first-order valence-electron chi connectivity index (χ1n) is 5.56. The van der Waals surface area contributed by atoms with E-state index in [1.165, 1.54) is 13.2 Å². The Labute approximate surface area is 136 Å². The van der Waals surface area contributed by atoms with Crippen molar-refractivity contribution in [3.05, 3.63) is 50.4 Å². The zero-order chi connectivity index (χ0) is 15.6. The molecule has 0 unspecified atom stereocenters. The fourth-order valence-electron chi connectivity index (χ4n) is 1.58. The lowest BCUT2D eigenvalue weighted by molar-refractivity contribution is 0.397. The minimum absolute atomic E-state index is 0.118. The van der Waals surface area contributed by atoms with Gasteiger partial charge in [-0.25, -0.2) is 8.78 Å². The van der Waals surface area contributed by atoms with E-state index in [4.69, 9.17) is 14.7 Å². The molecule has 0 heterocycles. The molecule has 0 atom stereocenters. The molecule has 7 heteroatoms. The van der Waals surface area contributed by atoms with Crippen molar-refractivity contribution >= 4 is 31.9 Å². The monoisotopic (exact) mass is 417 g/mol. The molecule has 2 aromatic rings. The molecule has 0 aliphatic heterocycles. The number of benzene rings is 2. The molecule has 0 N–H and O–H groups in total. The van der Waals surface area contributed by atoms with Crippen LogP contribution in [0, 0.1) is 23.0 Å². The van der Waals surface area contributed by atoms with E-state index in [0.717, 1.165) is 12.1 Å². The van der Waals surface area contributed by atoms with Crippen LogP contribution in [0.25, 0.3) is 0 Å². The molecule has 108 valence electrons. The summed E-state index contributed by atoms with van der Waals surface area (Å²) in [6, 6.07) is 6.59. The normalized spacial score (nSPS) is 10.1. The van der Waals surface area contributed by atoms with Gasteiger partial charge < -0.3 is 9.47 Å². The summed E-state index contributed by atoms with van der Waals surface area (Å²) in [7, 11) is 1.49. The molecule has 0 saturated heterocycles. The molecule has 3 nitrogen and oxygen atoms in total. The second-order valence-electron chi connectivity index (χ2n) is 3.90. The van der Waals surface area contributed by atoms with Crippen molar-refractivity contribution < 1.29 is 18.3 Å². The number of hydrogen-bond acceptors (Lipinski definition) is 3. The van der Waals surface area contributed by atoms with Gasteiger partial charge in [-0.05, 0) is 56.1 Å². The first-order valence-corrected chi connectivity index (χ1v) is 7.15. The summed E-state index contributed by atoms with van der Waals surface area (Å²) in [5, 5.41) is 8.65. The third-order valence-electron chi connectivity index (χ3n) is 2.55. The van der Waals surface area contributed by atoms with E-state index >= 15 is 0 Å².